The first-order valence-corrected chi connectivity index (χ1v) is 22.1. The van der Waals surface area contributed by atoms with E-state index in [-0.39, 0.29) is 66.4 Å². The quantitative estimate of drug-likeness (QED) is 0.144. The Balaban J connectivity index is -0.000000103. The molecule has 0 aliphatic heterocycles. The second-order valence-electron chi connectivity index (χ2n) is 18.3. The fraction of sp³-hybridized carbons (Fsp3) is 0.857. The molecule has 408 valence electrons. The van der Waals surface area contributed by atoms with E-state index in [4.69, 9.17) is 22.9 Å². The first kappa shape index (κ1) is 82.3. The standard InChI is InChI=1S/6C7H13NO2.2Co.6H2O/c6*8-7(6(9)10)4-2-1-3-5-7;;;;;;;;/h6*1-5,8H2,(H,9,10);;;6*1H2/q;;;;;;2*+3;;;;;;/p-6. The van der Waals surface area contributed by atoms with E-state index in [1.54, 1.807) is 0 Å². The normalized spacial score (nSPS) is 21.3. The molecule has 0 aromatic heterocycles. The van der Waals surface area contributed by atoms with Gasteiger partial charge in [-0.3, -0.25) is 0 Å². The molecule has 0 aromatic rings. The summed E-state index contributed by atoms with van der Waals surface area (Å²) in [6.45, 7) is 0. The van der Waals surface area contributed by atoms with Crippen molar-refractivity contribution in [3.05, 3.63) is 0 Å². The minimum atomic E-state index is -1.09. The van der Waals surface area contributed by atoms with Gasteiger partial charge in [-0.1, -0.05) is 89.9 Å². The van der Waals surface area contributed by atoms with Crippen molar-refractivity contribution in [2.45, 2.75) is 226 Å². The molecule has 0 radical (unpaired) electrons. The predicted molar refractivity (Wildman–Crippen MR) is 226 cm³/mol. The second kappa shape index (κ2) is 39.0. The molecule has 6 fully saturated rings. The van der Waals surface area contributed by atoms with Gasteiger partial charge in [-0.25, -0.2) is 0 Å². The summed E-state index contributed by atoms with van der Waals surface area (Å²) in [4.78, 5) is 62.8. The summed E-state index contributed by atoms with van der Waals surface area (Å²) in [5.41, 5.74) is 23.9. The molecule has 6 saturated carbocycles. The maximum Gasteiger partial charge on any atom is 3.00 e. The van der Waals surface area contributed by atoms with Crippen molar-refractivity contribution in [3.63, 3.8) is 0 Å². The van der Waals surface area contributed by atoms with Crippen LogP contribution in [0.15, 0.2) is 0 Å². The molecule has 0 amide bonds. The molecule has 6 aliphatic carbocycles. The summed E-state index contributed by atoms with van der Waals surface area (Å²) in [7, 11) is 0. The third kappa shape index (κ3) is 28.3. The largest absolute Gasteiger partial charge is 3.00 e. The fourth-order valence-corrected chi connectivity index (χ4v) is 8.41. The van der Waals surface area contributed by atoms with Crippen LogP contribution in [0.1, 0.15) is 193 Å². The molecule has 0 saturated heterocycles. The predicted octanol–water partition coefficient (Wildman–Crippen LogP) is -8.70. The molecular formula is C42H84Co2N6O18. The second-order valence-corrected chi connectivity index (χ2v) is 18.3. The van der Waals surface area contributed by atoms with Crippen molar-refractivity contribution in [3.8, 4) is 0 Å². The van der Waals surface area contributed by atoms with E-state index in [0.717, 1.165) is 116 Å². The zero-order valence-electron chi connectivity index (χ0n) is 39.4. The van der Waals surface area contributed by atoms with Crippen LogP contribution in [0.5, 0.6) is 0 Å². The van der Waals surface area contributed by atoms with Gasteiger partial charge in [-0.15, -0.1) is 0 Å². The smallest absolute Gasteiger partial charge is 0.870 e. The average molecular weight is 1080 g/mol. The fourth-order valence-electron chi connectivity index (χ4n) is 8.41. The van der Waals surface area contributed by atoms with E-state index in [1.165, 1.54) is 0 Å². The van der Waals surface area contributed by atoms with Crippen LogP contribution < -0.4 is 65.0 Å². The molecule has 0 unspecified atom stereocenters. The van der Waals surface area contributed by atoms with E-state index < -0.39 is 69.0 Å². The van der Waals surface area contributed by atoms with Crippen LogP contribution in [0.3, 0.4) is 0 Å². The maximum absolute atomic E-state index is 10.5. The number of carbonyl (C=O) groups excluding carboxylic acids is 6. The van der Waals surface area contributed by atoms with Crippen LogP contribution >= 0.6 is 0 Å². The summed E-state index contributed by atoms with van der Waals surface area (Å²) in [5, 5.41) is 62.8. The number of nitrogens with two attached hydrogens (primary N) is 4. The van der Waals surface area contributed by atoms with E-state index in [9.17, 15) is 59.4 Å². The molecule has 26 heteroatoms. The molecule has 24 nitrogen and oxygen atoms in total. The Morgan fingerprint density at radius 1 is 0.279 bits per heavy atom. The number of carbonyl (C=O) groups is 6. The minimum Gasteiger partial charge on any atom is -0.870 e. The zero-order valence-corrected chi connectivity index (χ0v) is 41.5. The summed E-state index contributed by atoms with van der Waals surface area (Å²) in [6, 6.07) is 0. The molecule has 0 atom stereocenters. The van der Waals surface area contributed by atoms with Crippen molar-refractivity contribution < 1.29 is 137 Å². The zero-order chi connectivity index (χ0) is 45.7. The van der Waals surface area contributed by atoms with Crippen molar-refractivity contribution in [1.29, 1.82) is 0 Å². The van der Waals surface area contributed by atoms with Gasteiger partial charge in [-0.05, 0) is 77.0 Å². The Morgan fingerprint density at radius 2 is 0.397 bits per heavy atom. The Hall–Kier alpha value is -2.65. The molecule has 24 N–H and O–H groups in total. The monoisotopic (exact) mass is 1080 g/mol. The summed E-state index contributed by atoms with van der Waals surface area (Å²) >= 11 is 0. The van der Waals surface area contributed by atoms with Crippen LogP contribution in [0.25, 0.3) is 0 Å². The molecular weight excluding hydrogens is 994 g/mol. The third-order valence-corrected chi connectivity index (χ3v) is 13.1. The Morgan fingerprint density at radius 3 is 0.471 bits per heavy atom. The van der Waals surface area contributed by atoms with Crippen LogP contribution in [0, 0.1) is 0 Å². The first-order valence-electron chi connectivity index (χ1n) is 22.1. The van der Waals surface area contributed by atoms with E-state index in [0.29, 0.717) is 77.0 Å². The van der Waals surface area contributed by atoms with Gasteiger partial charge < -0.3 is 127 Å². The van der Waals surface area contributed by atoms with Gasteiger partial charge in [0.1, 0.15) is 23.0 Å². The minimum absolute atomic E-state index is 0. The van der Waals surface area contributed by atoms with E-state index in [2.05, 4.69) is 11.5 Å². The molecule has 68 heavy (non-hydrogen) atoms. The number of hydrogen-bond donors (Lipinski definition) is 6. The number of aliphatic carboxylic acids is 6. The van der Waals surface area contributed by atoms with Crippen molar-refractivity contribution in [2.24, 2.45) is 22.9 Å². The van der Waals surface area contributed by atoms with Crippen molar-refractivity contribution in [1.82, 2.24) is 0 Å². The van der Waals surface area contributed by atoms with Crippen LogP contribution in [0.2, 0.25) is 0 Å². The number of carboxylic acid groups (broad SMARTS) is 6. The Kier molecular flexibility index (Phi) is 47.2. The van der Waals surface area contributed by atoms with Gasteiger partial charge in [0, 0.05) is 25.7 Å². The average Bonchev–Trinajstić information content (AvgIpc) is 3.21. The SMILES string of the molecule is NC1(C(=O)[O-])CCCCC1.NC1(C(=O)[O-])CCCCC1.NC1(C(=O)[O-])CCCCC1.NC1(C(=O)[O-])CCCCC1.O.O.O.O.[Co+3].[Co+3].[NH3+]C1(C(=O)[O-])CCCCC1.[NH3+]C1(C(=O)[O-])CCCCC1.[OH-].[OH-]. The first-order chi connectivity index (χ1) is 27.9. The van der Waals surface area contributed by atoms with Crippen molar-refractivity contribution >= 4 is 35.8 Å². The third-order valence-electron chi connectivity index (χ3n) is 13.1. The summed E-state index contributed by atoms with van der Waals surface area (Å²) < 4.78 is 0. The maximum atomic E-state index is 10.5. The molecule has 6 rings (SSSR count). The molecule has 0 spiro atoms. The Labute approximate surface area is 420 Å². The van der Waals surface area contributed by atoms with Crippen LogP contribution in [0.4, 0.5) is 0 Å². The van der Waals surface area contributed by atoms with Gasteiger partial charge in [0.25, 0.3) is 0 Å². The van der Waals surface area contributed by atoms with Crippen LogP contribution in [-0.2, 0) is 62.3 Å². The summed E-state index contributed by atoms with van der Waals surface area (Å²) in [5.74, 6) is -6.32. The number of carboxylic acids is 6. The van der Waals surface area contributed by atoms with Crippen molar-refractivity contribution in [2.75, 3.05) is 0 Å². The summed E-state index contributed by atoms with van der Waals surface area (Å²) in [6.07, 6.45) is 25.4. The van der Waals surface area contributed by atoms with Gasteiger partial charge >= 0.3 is 33.6 Å². The Bertz CT molecular complexity index is 1120. The molecule has 0 aromatic carbocycles. The van der Waals surface area contributed by atoms with Gasteiger partial charge in [-0.2, -0.15) is 0 Å². The van der Waals surface area contributed by atoms with E-state index in [1.807, 2.05) is 0 Å². The molecule has 0 bridgehead atoms. The van der Waals surface area contributed by atoms with Gasteiger partial charge in [0.2, 0.25) is 0 Å². The van der Waals surface area contributed by atoms with Gasteiger partial charge in [0.05, 0.1) is 46.0 Å². The molecule has 0 heterocycles. The number of hydrogen-bond acceptors (Lipinski definition) is 18. The number of rotatable bonds is 6. The van der Waals surface area contributed by atoms with Crippen LogP contribution in [-0.4, -0.2) is 102 Å². The van der Waals surface area contributed by atoms with E-state index >= 15 is 0 Å². The van der Waals surface area contributed by atoms with Gasteiger partial charge in [0.15, 0.2) is 0 Å². The number of quaternary nitrogens is 2. The molecule has 6 aliphatic rings. The topological polar surface area (TPSA) is 586 Å².